The van der Waals surface area contributed by atoms with Crippen molar-refractivity contribution in [3.8, 4) is 0 Å². The van der Waals surface area contributed by atoms with Crippen molar-refractivity contribution in [2.24, 2.45) is 0 Å². The standard InChI is InChI=1S/C8H11N3O5/c1-4-7(13)9-8(14)11(10-4)5-3-15-6(2-12)16-5/h5-6,12H,2-3H2,1H3,(H,9,13,14)/t5-,6+/m0/s1. The maximum Gasteiger partial charge on any atom is 0.347 e. The maximum absolute atomic E-state index is 11.4. The highest BCUT2D eigenvalue weighted by atomic mass is 16.7. The zero-order valence-corrected chi connectivity index (χ0v) is 8.54. The van der Waals surface area contributed by atoms with Gasteiger partial charge in [-0.05, 0) is 6.92 Å². The highest BCUT2D eigenvalue weighted by Crippen LogP contribution is 2.17. The van der Waals surface area contributed by atoms with Gasteiger partial charge in [0.25, 0.3) is 5.56 Å². The third kappa shape index (κ3) is 1.90. The largest absolute Gasteiger partial charge is 0.391 e. The first-order chi connectivity index (χ1) is 7.61. The van der Waals surface area contributed by atoms with Crippen LogP contribution in [0, 0.1) is 6.92 Å². The van der Waals surface area contributed by atoms with Crippen LogP contribution in [0.1, 0.15) is 11.9 Å². The van der Waals surface area contributed by atoms with Crippen LogP contribution in [0.15, 0.2) is 9.59 Å². The second-order valence-electron chi connectivity index (χ2n) is 3.33. The molecule has 0 saturated carbocycles. The van der Waals surface area contributed by atoms with Crippen LogP contribution in [0.3, 0.4) is 0 Å². The van der Waals surface area contributed by atoms with E-state index in [1.807, 2.05) is 0 Å². The highest BCUT2D eigenvalue weighted by molar-refractivity contribution is 4.88. The first kappa shape index (κ1) is 11.0. The number of hydrogen-bond donors (Lipinski definition) is 2. The van der Waals surface area contributed by atoms with Crippen molar-refractivity contribution in [1.82, 2.24) is 14.8 Å². The lowest BCUT2D eigenvalue weighted by Gasteiger charge is -2.10. The number of aromatic amines is 1. The predicted octanol–water partition coefficient (Wildman–Crippen LogP) is -1.90. The van der Waals surface area contributed by atoms with E-state index in [-0.39, 0.29) is 18.9 Å². The molecule has 0 radical (unpaired) electrons. The quantitative estimate of drug-likeness (QED) is 0.613. The van der Waals surface area contributed by atoms with Gasteiger partial charge in [0, 0.05) is 0 Å². The molecule has 1 aromatic rings. The summed E-state index contributed by atoms with van der Waals surface area (Å²) in [5.41, 5.74) is -1.03. The summed E-state index contributed by atoms with van der Waals surface area (Å²) in [6.07, 6.45) is -1.48. The van der Waals surface area contributed by atoms with E-state index in [9.17, 15) is 9.59 Å². The zero-order chi connectivity index (χ0) is 11.7. The number of nitrogens with one attached hydrogen (secondary N) is 1. The Morgan fingerprint density at radius 3 is 3.00 bits per heavy atom. The van der Waals surface area contributed by atoms with Crippen molar-refractivity contribution in [2.45, 2.75) is 19.4 Å². The molecule has 2 atom stereocenters. The normalized spacial score (nSPS) is 24.9. The van der Waals surface area contributed by atoms with Crippen molar-refractivity contribution in [3.05, 3.63) is 26.5 Å². The fourth-order valence-electron chi connectivity index (χ4n) is 1.36. The van der Waals surface area contributed by atoms with Crippen LogP contribution in [-0.2, 0) is 9.47 Å². The Labute approximate surface area is 89.4 Å². The summed E-state index contributed by atoms with van der Waals surface area (Å²) in [4.78, 5) is 24.6. The van der Waals surface area contributed by atoms with Crippen LogP contribution in [0.2, 0.25) is 0 Å². The minimum absolute atomic E-state index is 0.101. The van der Waals surface area contributed by atoms with Gasteiger partial charge in [-0.3, -0.25) is 9.78 Å². The Bertz CT molecular complexity index is 493. The smallest absolute Gasteiger partial charge is 0.347 e. The van der Waals surface area contributed by atoms with Gasteiger partial charge in [0.2, 0.25) is 0 Å². The van der Waals surface area contributed by atoms with E-state index in [0.717, 1.165) is 4.68 Å². The van der Waals surface area contributed by atoms with Gasteiger partial charge in [0.05, 0.1) is 13.2 Å². The molecule has 8 heteroatoms. The molecule has 2 N–H and O–H groups in total. The minimum atomic E-state index is -0.758. The number of aryl methyl sites for hydroxylation is 1. The van der Waals surface area contributed by atoms with Crippen LogP contribution in [0.5, 0.6) is 0 Å². The number of rotatable bonds is 2. The lowest BCUT2D eigenvalue weighted by Crippen LogP contribution is -2.37. The van der Waals surface area contributed by atoms with Gasteiger partial charge < -0.3 is 14.6 Å². The Morgan fingerprint density at radius 2 is 2.38 bits per heavy atom. The van der Waals surface area contributed by atoms with Gasteiger partial charge in [0.1, 0.15) is 5.69 Å². The van der Waals surface area contributed by atoms with Crippen LogP contribution in [0.25, 0.3) is 0 Å². The third-order valence-electron chi connectivity index (χ3n) is 2.17. The molecule has 1 saturated heterocycles. The van der Waals surface area contributed by atoms with Gasteiger partial charge in [0.15, 0.2) is 12.5 Å². The number of hydrogen-bond acceptors (Lipinski definition) is 6. The van der Waals surface area contributed by atoms with Crippen molar-refractivity contribution < 1.29 is 14.6 Å². The molecule has 16 heavy (non-hydrogen) atoms. The fraction of sp³-hybridized carbons (Fsp3) is 0.625. The second-order valence-corrected chi connectivity index (χ2v) is 3.33. The zero-order valence-electron chi connectivity index (χ0n) is 8.54. The Hall–Kier alpha value is -1.51. The molecule has 2 rings (SSSR count). The molecular formula is C8H11N3O5. The second kappa shape index (κ2) is 4.16. The van der Waals surface area contributed by atoms with Gasteiger partial charge >= 0.3 is 5.69 Å². The molecule has 0 spiro atoms. The number of ether oxygens (including phenoxy) is 2. The van der Waals surface area contributed by atoms with Gasteiger partial charge in [-0.2, -0.15) is 9.78 Å². The summed E-state index contributed by atoms with van der Waals surface area (Å²) in [7, 11) is 0. The van der Waals surface area contributed by atoms with Crippen molar-refractivity contribution in [3.63, 3.8) is 0 Å². The van der Waals surface area contributed by atoms with E-state index in [1.165, 1.54) is 6.92 Å². The monoisotopic (exact) mass is 229 g/mol. The lowest BCUT2D eigenvalue weighted by atomic mass is 10.5. The number of aliphatic hydroxyl groups is 1. The topological polar surface area (TPSA) is 106 Å². The molecule has 88 valence electrons. The van der Waals surface area contributed by atoms with Gasteiger partial charge in [-0.25, -0.2) is 4.79 Å². The average Bonchev–Trinajstić information content (AvgIpc) is 2.71. The lowest BCUT2D eigenvalue weighted by molar-refractivity contribution is -0.101. The Kier molecular flexibility index (Phi) is 2.86. The summed E-state index contributed by atoms with van der Waals surface area (Å²) in [6.45, 7) is 1.28. The summed E-state index contributed by atoms with van der Waals surface area (Å²) < 4.78 is 11.2. The number of H-pyrrole nitrogens is 1. The average molecular weight is 229 g/mol. The molecule has 8 nitrogen and oxygen atoms in total. The summed E-state index contributed by atoms with van der Waals surface area (Å²) >= 11 is 0. The molecular weight excluding hydrogens is 218 g/mol. The first-order valence-corrected chi connectivity index (χ1v) is 4.69. The molecule has 1 aromatic heterocycles. The minimum Gasteiger partial charge on any atom is -0.391 e. The van der Waals surface area contributed by atoms with Crippen LogP contribution < -0.4 is 11.2 Å². The maximum atomic E-state index is 11.4. The van der Waals surface area contributed by atoms with E-state index < -0.39 is 23.8 Å². The molecule has 1 aliphatic heterocycles. The number of aliphatic hydroxyl groups excluding tert-OH is 1. The number of aromatic nitrogens is 3. The van der Waals surface area contributed by atoms with Crippen LogP contribution in [-0.4, -0.2) is 39.4 Å². The van der Waals surface area contributed by atoms with Gasteiger partial charge in [-0.1, -0.05) is 0 Å². The molecule has 0 bridgehead atoms. The Morgan fingerprint density at radius 1 is 1.62 bits per heavy atom. The summed E-state index contributed by atoms with van der Waals surface area (Å²) in [5.74, 6) is 0. The van der Waals surface area contributed by atoms with Crippen molar-refractivity contribution in [2.75, 3.05) is 13.2 Å². The first-order valence-electron chi connectivity index (χ1n) is 4.69. The SMILES string of the molecule is Cc1nn([C@@H]2CO[C@@H](CO)O2)c(=O)[nH]c1=O. The van der Waals surface area contributed by atoms with E-state index in [0.29, 0.717) is 0 Å². The van der Waals surface area contributed by atoms with Gasteiger partial charge in [-0.15, -0.1) is 0 Å². The molecule has 1 aliphatic rings. The van der Waals surface area contributed by atoms with Crippen molar-refractivity contribution in [1.29, 1.82) is 0 Å². The van der Waals surface area contributed by atoms with Crippen molar-refractivity contribution >= 4 is 0 Å². The molecule has 1 fully saturated rings. The summed E-state index contributed by atoms with van der Waals surface area (Å²) in [6, 6.07) is 0. The summed E-state index contributed by atoms with van der Waals surface area (Å²) in [5, 5.41) is 12.6. The van der Waals surface area contributed by atoms with E-state index >= 15 is 0 Å². The Balaban J connectivity index is 2.32. The molecule has 0 amide bonds. The van der Waals surface area contributed by atoms with Crippen LogP contribution in [0.4, 0.5) is 0 Å². The molecule has 2 heterocycles. The highest BCUT2D eigenvalue weighted by Gasteiger charge is 2.28. The van der Waals surface area contributed by atoms with E-state index in [4.69, 9.17) is 14.6 Å². The van der Waals surface area contributed by atoms with Crippen LogP contribution >= 0.6 is 0 Å². The molecule has 0 aliphatic carbocycles. The van der Waals surface area contributed by atoms with E-state index in [1.54, 1.807) is 0 Å². The fourth-order valence-corrected chi connectivity index (χ4v) is 1.36. The molecule has 0 unspecified atom stereocenters. The third-order valence-corrected chi connectivity index (χ3v) is 2.17. The van der Waals surface area contributed by atoms with E-state index in [2.05, 4.69) is 10.1 Å². The molecule has 0 aromatic carbocycles. The predicted molar refractivity (Wildman–Crippen MR) is 50.8 cm³/mol. The number of nitrogens with zero attached hydrogens (tertiary/aromatic N) is 2.